The third-order valence-electron chi connectivity index (χ3n) is 9.70. The van der Waals surface area contributed by atoms with Gasteiger partial charge in [0, 0.05) is 26.2 Å². The maximum absolute atomic E-state index is 11.3. The van der Waals surface area contributed by atoms with Crippen LogP contribution in [0.5, 0.6) is 0 Å². The zero-order valence-electron chi connectivity index (χ0n) is 28.9. The molecule has 250 valence electrons. The van der Waals surface area contributed by atoms with Crippen molar-refractivity contribution in [3.63, 3.8) is 0 Å². The van der Waals surface area contributed by atoms with Crippen LogP contribution in [0.2, 0.25) is 0 Å². The molecule has 0 aliphatic carbocycles. The van der Waals surface area contributed by atoms with Crippen LogP contribution in [0.3, 0.4) is 0 Å². The maximum atomic E-state index is 11.3. The molecule has 0 aromatic heterocycles. The highest BCUT2D eigenvalue weighted by Crippen LogP contribution is 2.21. The smallest absolute Gasteiger partial charge is 0.407 e. The minimum absolute atomic E-state index is 0.689. The van der Waals surface area contributed by atoms with Gasteiger partial charge in [0.2, 0.25) is 0 Å². The summed E-state index contributed by atoms with van der Waals surface area (Å²) >= 11 is 0. The molecule has 1 aliphatic rings. The number of unbranched alkanes of at least 4 members (excludes halogenated alkanes) is 18. The van der Waals surface area contributed by atoms with Crippen LogP contribution in [0.4, 0.5) is 4.79 Å². The number of carboxylic acid groups (broad SMARTS) is 1. The number of rotatable bonds is 30. The summed E-state index contributed by atoms with van der Waals surface area (Å²) < 4.78 is 0. The highest BCUT2D eigenvalue weighted by molar-refractivity contribution is 5.64. The second kappa shape index (κ2) is 28.9. The third kappa shape index (κ3) is 22.7. The molecule has 1 amide bonds. The van der Waals surface area contributed by atoms with Crippen LogP contribution in [0.25, 0.3) is 0 Å². The van der Waals surface area contributed by atoms with Gasteiger partial charge in [0.25, 0.3) is 0 Å². The first-order valence-corrected chi connectivity index (χ1v) is 19.0. The average molecular weight is 594 g/mol. The molecular formula is C37H75N3O2. The summed E-state index contributed by atoms with van der Waals surface area (Å²) in [5, 5.41) is 9.32. The van der Waals surface area contributed by atoms with Gasteiger partial charge in [0.05, 0.1) is 0 Å². The zero-order valence-corrected chi connectivity index (χ0v) is 28.9. The van der Waals surface area contributed by atoms with Crippen molar-refractivity contribution in [1.29, 1.82) is 0 Å². The largest absolute Gasteiger partial charge is 0.465 e. The van der Waals surface area contributed by atoms with Crippen LogP contribution in [0, 0.1) is 5.92 Å². The van der Waals surface area contributed by atoms with E-state index >= 15 is 0 Å². The van der Waals surface area contributed by atoms with Crippen molar-refractivity contribution >= 4 is 6.09 Å². The summed E-state index contributed by atoms with van der Waals surface area (Å²) in [4.78, 5) is 18.5. The normalized spacial score (nSPS) is 14.5. The number of amides is 1. The maximum Gasteiger partial charge on any atom is 0.407 e. The standard InChI is InChI=1S/C37H75N3O2/c1-4-7-10-13-16-19-22-28-38(29-23-20-17-14-11-8-5-2)34-35-39(30-24-21-18-15-12-9-6-3)31-25-36-26-32-40(33-27-36)37(41)42/h36H,4-35H2,1-3H3,(H,41,42). The molecule has 0 aromatic carbocycles. The first kappa shape index (κ1) is 39.2. The fraction of sp³-hybridized carbons (Fsp3) is 0.973. The molecule has 0 spiro atoms. The molecule has 1 saturated heterocycles. The second-order valence-electron chi connectivity index (χ2n) is 13.5. The molecule has 0 aromatic rings. The van der Waals surface area contributed by atoms with Gasteiger partial charge in [0.1, 0.15) is 0 Å². The van der Waals surface area contributed by atoms with E-state index in [0.29, 0.717) is 5.92 Å². The minimum Gasteiger partial charge on any atom is -0.465 e. The van der Waals surface area contributed by atoms with Crippen LogP contribution in [-0.4, -0.2) is 78.3 Å². The predicted molar refractivity (Wildman–Crippen MR) is 184 cm³/mol. The second-order valence-corrected chi connectivity index (χ2v) is 13.5. The number of piperidine rings is 1. The van der Waals surface area contributed by atoms with E-state index in [0.717, 1.165) is 25.9 Å². The van der Waals surface area contributed by atoms with E-state index in [9.17, 15) is 9.90 Å². The van der Waals surface area contributed by atoms with Crippen LogP contribution < -0.4 is 0 Å². The Morgan fingerprint density at radius 1 is 0.524 bits per heavy atom. The van der Waals surface area contributed by atoms with Crippen LogP contribution in [0.15, 0.2) is 0 Å². The Hall–Kier alpha value is -0.810. The molecule has 0 radical (unpaired) electrons. The molecule has 0 bridgehead atoms. The predicted octanol–water partition coefficient (Wildman–Crippen LogP) is 10.6. The lowest BCUT2D eigenvalue weighted by Gasteiger charge is -2.32. The average Bonchev–Trinajstić information content (AvgIpc) is 3.00. The topological polar surface area (TPSA) is 47.0 Å². The van der Waals surface area contributed by atoms with Crippen molar-refractivity contribution in [2.24, 2.45) is 5.92 Å². The van der Waals surface area contributed by atoms with E-state index in [-0.39, 0.29) is 0 Å². The van der Waals surface area contributed by atoms with Gasteiger partial charge in [-0.05, 0) is 70.6 Å². The van der Waals surface area contributed by atoms with E-state index in [2.05, 4.69) is 30.6 Å². The van der Waals surface area contributed by atoms with Gasteiger partial charge >= 0.3 is 6.09 Å². The molecule has 0 saturated carbocycles. The zero-order chi connectivity index (χ0) is 30.5. The van der Waals surface area contributed by atoms with Crippen molar-refractivity contribution in [1.82, 2.24) is 14.7 Å². The molecule has 0 atom stereocenters. The van der Waals surface area contributed by atoms with Crippen molar-refractivity contribution in [2.45, 2.75) is 175 Å². The van der Waals surface area contributed by atoms with Crippen molar-refractivity contribution in [2.75, 3.05) is 52.4 Å². The Morgan fingerprint density at radius 2 is 0.857 bits per heavy atom. The Labute approximate surface area is 263 Å². The summed E-state index contributed by atoms with van der Waals surface area (Å²) in [7, 11) is 0. The first-order valence-electron chi connectivity index (χ1n) is 19.0. The molecule has 1 rings (SSSR count). The quantitative estimate of drug-likeness (QED) is 0.0842. The molecule has 1 aliphatic heterocycles. The van der Waals surface area contributed by atoms with Crippen LogP contribution in [0.1, 0.15) is 175 Å². The van der Waals surface area contributed by atoms with E-state index in [1.54, 1.807) is 4.90 Å². The van der Waals surface area contributed by atoms with E-state index in [4.69, 9.17) is 0 Å². The lowest BCUT2D eigenvalue weighted by Crippen LogP contribution is -2.40. The van der Waals surface area contributed by atoms with Gasteiger partial charge in [-0.3, -0.25) is 0 Å². The van der Waals surface area contributed by atoms with Crippen molar-refractivity contribution in [3.05, 3.63) is 0 Å². The summed E-state index contributed by atoms with van der Waals surface area (Å²) in [6.07, 6.45) is 31.7. The SMILES string of the molecule is CCCCCCCCCN(CCCCCCCCC)CCN(CCCCCCCCC)CCC1CCN(C(=O)O)CC1. The lowest BCUT2D eigenvalue weighted by molar-refractivity contribution is 0.118. The highest BCUT2D eigenvalue weighted by atomic mass is 16.4. The van der Waals surface area contributed by atoms with Gasteiger partial charge in [-0.2, -0.15) is 0 Å². The number of likely N-dealkylation sites (tertiary alicyclic amines) is 1. The van der Waals surface area contributed by atoms with Gasteiger partial charge in [-0.15, -0.1) is 0 Å². The van der Waals surface area contributed by atoms with E-state index in [1.165, 1.54) is 181 Å². The number of nitrogens with zero attached hydrogens (tertiary/aromatic N) is 3. The molecular weight excluding hydrogens is 518 g/mol. The summed E-state index contributed by atoms with van der Waals surface area (Å²) in [6.45, 7) is 15.8. The number of hydrogen-bond donors (Lipinski definition) is 1. The van der Waals surface area contributed by atoms with Crippen molar-refractivity contribution < 1.29 is 9.90 Å². The molecule has 1 fully saturated rings. The van der Waals surface area contributed by atoms with Gasteiger partial charge < -0.3 is 19.8 Å². The number of carbonyl (C=O) groups is 1. The van der Waals surface area contributed by atoms with Gasteiger partial charge in [-0.25, -0.2) is 4.79 Å². The van der Waals surface area contributed by atoms with Crippen LogP contribution >= 0.6 is 0 Å². The Morgan fingerprint density at radius 3 is 1.21 bits per heavy atom. The van der Waals surface area contributed by atoms with Gasteiger partial charge in [-0.1, -0.05) is 136 Å². The molecule has 5 nitrogen and oxygen atoms in total. The fourth-order valence-corrected chi connectivity index (χ4v) is 6.61. The Bertz CT molecular complexity index is 561. The van der Waals surface area contributed by atoms with Gasteiger partial charge in [0.15, 0.2) is 0 Å². The molecule has 0 unspecified atom stereocenters. The molecule has 1 N–H and O–H groups in total. The first-order chi connectivity index (χ1) is 20.6. The molecule has 5 heteroatoms. The van der Waals surface area contributed by atoms with E-state index in [1.807, 2.05) is 0 Å². The Kier molecular flexibility index (Phi) is 27.0. The fourth-order valence-electron chi connectivity index (χ4n) is 6.61. The Balaban J connectivity index is 2.53. The minimum atomic E-state index is -0.740. The third-order valence-corrected chi connectivity index (χ3v) is 9.70. The van der Waals surface area contributed by atoms with E-state index < -0.39 is 6.09 Å². The highest BCUT2D eigenvalue weighted by Gasteiger charge is 2.22. The molecule has 1 heterocycles. The number of hydrogen-bond acceptors (Lipinski definition) is 3. The summed E-state index contributed by atoms with van der Waals surface area (Å²) in [6, 6.07) is 0. The van der Waals surface area contributed by atoms with Crippen molar-refractivity contribution in [3.8, 4) is 0 Å². The molecule has 42 heavy (non-hydrogen) atoms. The van der Waals surface area contributed by atoms with Crippen LogP contribution in [-0.2, 0) is 0 Å². The summed E-state index contributed by atoms with van der Waals surface area (Å²) in [5.74, 6) is 0.689. The lowest BCUT2D eigenvalue weighted by atomic mass is 9.93. The monoisotopic (exact) mass is 594 g/mol. The summed E-state index contributed by atoms with van der Waals surface area (Å²) in [5.41, 5.74) is 0.